The van der Waals surface area contributed by atoms with E-state index in [4.69, 9.17) is 10.5 Å². The lowest BCUT2D eigenvalue weighted by Crippen LogP contribution is -2.14. The molecule has 4 heteroatoms. The van der Waals surface area contributed by atoms with Crippen molar-refractivity contribution in [3.05, 3.63) is 59.7 Å². The Bertz CT molecular complexity index is 578. The van der Waals surface area contributed by atoms with Crippen LogP contribution in [0.5, 0.6) is 5.75 Å². The lowest BCUT2D eigenvalue weighted by molar-refractivity contribution is -0.137. The van der Waals surface area contributed by atoms with Gasteiger partial charge in [0.05, 0.1) is 7.11 Å². The van der Waals surface area contributed by atoms with Gasteiger partial charge in [-0.3, -0.25) is 4.79 Å². The van der Waals surface area contributed by atoms with E-state index in [1.807, 2.05) is 0 Å². The average molecular weight is 257 g/mol. The molecular weight excluding hydrogens is 242 g/mol. The summed E-state index contributed by atoms with van der Waals surface area (Å²) in [4.78, 5) is 11.5. The molecule has 19 heavy (non-hydrogen) atoms. The number of anilines is 1. The second-order valence-electron chi connectivity index (χ2n) is 4.17. The minimum Gasteiger partial charge on any atom is -0.497 e. The predicted molar refractivity (Wildman–Crippen MR) is 73.3 cm³/mol. The number of methoxy groups -OCH3 is 1. The standard InChI is InChI=1S/C15H15NO3/c1-19-11-8-6-10(7-9-11)14(15(17)18)12-4-2-3-5-13(12)16/h2-9,14H,16H2,1H3,(H,17,18). The van der Waals surface area contributed by atoms with Crippen molar-refractivity contribution in [2.45, 2.75) is 5.92 Å². The molecule has 0 bridgehead atoms. The third-order valence-electron chi connectivity index (χ3n) is 3.00. The molecule has 0 saturated heterocycles. The van der Waals surface area contributed by atoms with Crippen molar-refractivity contribution in [3.8, 4) is 5.75 Å². The molecule has 1 unspecified atom stereocenters. The first-order chi connectivity index (χ1) is 9.13. The fourth-order valence-electron chi connectivity index (χ4n) is 2.03. The molecule has 0 aliphatic carbocycles. The smallest absolute Gasteiger partial charge is 0.315 e. The lowest BCUT2D eigenvalue weighted by atomic mass is 9.90. The Morgan fingerprint density at radius 3 is 2.32 bits per heavy atom. The number of nitrogens with two attached hydrogens (primary N) is 1. The molecule has 0 heterocycles. The van der Waals surface area contributed by atoms with Gasteiger partial charge in [0.2, 0.25) is 0 Å². The van der Waals surface area contributed by atoms with Gasteiger partial charge in [-0.25, -0.2) is 0 Å². The van der Waals surface area contributed by atoms with Crippen molar-refractivity contribution < 1.29 is 14.6 Å². The maximum Gasteiger partial charge on any atom is 0.315 e. The van der Waals surface area contributed by atoms with E-state index in [1.54, 1.807) is 55.6 Å². The van der Waals surface area contributed by atoms with E-state index in [-0.39, 0.29) is 0 Å². The normalized spacial score (nSPS) is 11.8. The molecular formula is C15H15NO3. The summed E-state index contributed by atoms with van der Waals surface area (Å²) in [5.74, 6) is -1.01. The minimum absolute atomic E-state index is 0.478. The highest BCUT2D eigenvalue weighted by Crippen LogP contribution is 2.30. The molecule has 98 valence electrons. The molecule has 2 rings (SSSR count). The van der Waals surface area contributed by atoms with E-state index >= 15 is 0 Å². The second-order valence-corrected chi connectivity index (χ2v) is 4.17. The molecule has 0 aliphatic rings. The third kappa shape index (κ3) is 2.68. The molecule has 0 fully saturated rings. The number of rotatable bonds is 4. The Balaban J connectivity index is 2.46. The zero-order valence-electron chi connectivity index (χ0n) is 10.5. The number of nitrogen functional groups attached to an aromatic ring is 1. The van der Waals surface area contributed by atoms with Gasteiger partial charge in [0.15, 0.2) is 0 Å². The van der Waals surface area contributed by atoms with Crippen LogP contribution in [-0.4, -0.2) is 18.2 Å². The maximum atomic E-state index is 11.5. The van der Waals surface area contributed by atoms with Crippen LogP contribution in [0.1, 0.15) is 17.0 Å². The van der Waals surface area contributed by atoms with Crippen LogP contribution in [0.15, 0.2) is 48.5 Å². The van der Waals surface area contributed by atoms with Crippen LogP contribution in [0.3, 0.4) is 0 Å². The van der Waals surface area contributed by atoms with E-state index in [0.29, 0.717) is 22.6 Å². The Hall–Kier alpha value is -2.49. The molecule has 2 aromatic carbocycles. The summed E-state index contributed by atoms with van der Waals surface area (Å²) in [5.41, 5.74) is 7.61. The number of benzene rings is 2. The number of carboxylic acids is 1. The molecule has 0 radical (unpaired) electrons. The minimum atomic E-state index is -0.928. The number of hydrogen-bond donors (Lipinski definition) is 2. The summed E-state index contributed by atoms with van der Waals surface area (Å²) in [7, 11) is 1.57. The predicted octanol–water partition coefficient (Wildman–Crippen LogP) is 2.49. The monoisotopic (exact) mass is 257 g/mol. The van der Waals surface area contributed by atoms with Gasteiger partial charge in [0, 0.05) is 5.69 Å². The van der Waals surface area contributed by atoms with Gasteiger partial charge in [-0.15, -0.1) is 0 Å². The molecule has 2 aromatic rings. The van der Waals surface area contributed by atoms with Gasteiger partial charge in [0.25, 0.3) is 0 Å². The second kappa shape index (κ2) is 5.44. The molecule has 3 N–H and O–H groups in total. The Morgan fingerprint density at radius 1 is 1.16 bits per heavy atom. The summed E-state index contributed by atoms with van der Waals surface area (Å²) in [6, 6.07) is 14.0. The van der Waals surface area contributed by atoms with Gasteiger partial charge in [-0.2, -0.15) is 0 Å². The van der Waals surface area contributed by atoms with Crippen LogP contribution >= 0.6 is 0 Å². The fraction of sp³-hybridized carbons (Fsp3) is 0.133. The topological polar surface area (TPSA) is 72.5 Å². The summed E-state index contributed by atoms with van der Waals surface area (Å²) in [5, 5.41) is 9.44. The van der Waals surface area contributed by atoms with Gasteiger partial charge >= 0.3 is 5.97 Å². The van der Waals surface area contributed by atoms with Crippen LogP contribution in [0.4, 0.5) is 5.69 Å². The van der Waals surface area contributed by atoms with Crippen molar-refractivity contribution >= 4 is 11.7 Å². The van der Waals surface area contributed by atoms with Gasteiger partial charge in [0.1, 0.15) is 11.7 Å². The maximum absolute atomic E-state index is 11.5. The zero-order chi connectivity index (χ0) is 13.8. The third-order valence-corrected chi connectivity index (χ3v) is 3.00. The summed E-state index contributed by atoms with van der Waals surface area (Å²) >= 11 is 0. The molecule has 4 nitrogen and oxygen atoms in total. The number of hydrogen-bond acceptors (Lipinski definition) is 3. The van der Waals surface area contributed by atoms with E-state index in [9.17, 15) is 9.90 Å². The van der Waals surface area contributed by atoms with E-state index in [0.717, 1.165) is 0 Å². The van der Waals surface area contributed by atoms with Crippen LogP contribution in [-0.2, 0) is 4.79 Å². The lowest BCUT2D eigenvalue weighted by Gasteiger charge is -2.15. The fourth-order valence-corrected chi connectivity index (χ4v) is 2.03. The molecule has 0 amide bonds. The molecule has 0 spiro atoms. The summed E-state index contributed by atoms with van der Waals surface area (Å²) in [6.45, 7) is 0. The first-order valence-corrected chi connectivity index (χ1v) is 5.84. The number of aliphatic carboxylic acids is 1. The van der Waals surface area contributed by atoms with Gasteiger partial charge in [-0.05, 0) is 29.3 Å². The average Bonchev–Trinajstić information content (AvgIpc) is 2.42. The van der Waals surface area contributed by atoms with Crippen LogP contribution in [0, 0.1) is 0 Å². The van der Waals surface area contributed by atoms with Gasteiger partial charge in [-0.1, -0.05) is 30.3 Å². The Morgan fingerprint density at radius 2 is 1.79 bits per heavy atom. The van der Waals surface area contributed by atoms with Crippen molar-refractivity contribution in [2.24, 2.45) is 0 Å². The van der Waals surface area contributed by atoms with Crippen LogP contribution in [0.2, 0.25) is 0 Å². The SMILES string of the molecule is COc1ccc(C(C(=O)O)c2ccccc2N)cc1. The number of ether oxygens (including phenoxy) is 1. The first-order valence-electron chi connectivity index (χ1n) is 5.84. The highest BCUT2D eigenvalue weighted by molar-refractivity contribution is 5.82. The van der Waals surface area contributed by atoms with E-state index < -0.39 is 11.9 Å². The van der Waals surface area contributed by atoms with Crippen LogP contribution in [0.25, 0.3) is 0 Å². The van der Waals surface area contributed by atoms with E-state index in [1.165, 1.54) is 0 Å². The number of carboxylic acid groups (broad SMARTS) is 1. The molecule has 0 aromatic heterocycles. The van der Waals surface area contributed by atoms with Crippen molar-refractivity contribution in [3.63, 3.8) is 0 Å². The quantitative estimate of drug-likeness (QED) is 0.825. The molecule has 0 saturated carbocycles. The first kappa shape index (κ1) is 13.0. The van der Waals surface area contributed by atoms with Gasteiger partial charge < -0.3 is 15.6 Å². The van der Waals surface area contributed by atoms with E-state index in [2.05, 4.69) is 0 Å². The largest absolute Gasteiger partial charge is 0.497 e. The number of para-hydroxylation sites is 1. The van der Waals surface area contributed by atoms with Crippen molar-refractivity contribution in [1.82, 2.24) is 0 Å². The van der Waals surface area contributed by atoms with Crippen molar-refractivity contribution in [2.75, 3.05) is 12.8 Å². The summed E-state index contributed by atoms with van der Waals surface area (Å²) < 4.78 is 5.07. The van der Waals surface area contributed by atoms with Crippen LogP contribution < -0.4 is 10.5 Å². The Kier molecular flexibility index (Phi) is 3.71. The Labute approximate surface area is 111 Å². The summed E-state index contributed by atoms with van der Waals surface area (Å²) in [6.07, 6.45) is 0. The number of carbonyl (C=O) groups is 1. The molecule has 0 aliphatic heterocycles. The highest BCUT2D eigenvalue weighted by Gasteiger charge is 2.23. The van der Waals surface area contributed by atoms with Crippen molar-refractivity contribution in [1.29, 1.82) is 0 Å². The highest BCUT2D eigenvalue weighted by atomic mass is 16.5. The zero-order valence-corrected chi connectivity index (χ0v) is 10.5. The molecule has 1 atom stereocenters.